The first-order chi connectivity index (χ1) is 14.6. The van der Waals surface area contributed by atoms with Crippen LogP contribution >= 0.6 is 0 Å². The van der Waals surface area contributed by atoms with Crippen molar-refractivity contribution in [3.8, 4) is 0 Å². The number of hydrogen-bond acceptors (Lipinski definition) is 2. The minimum absolute atomic E-state index is 0.0245. The van der Waals surface area contributed by atoms with E-state index in [1.807, 2.05) is 0 Å². The van der Waals surface area contributed by atoms with Crippen LogP contribution in [0.4, 0.5) is 5.69 Å². The van der Waals surface area contributed by atoms with E-state index in [2.05, 4.69) is 101 Å². The molecule has 2 nitrogen and oxygen atoms in total. The average molecular weight is 410 g/mol. The molecular formula is C29H31NO. The van der Waals surface area contributed by atoms with Crippen molar-refractivity contribution in [2.24, 2.45) is 5.41 Å². The highest BCUT2D eigenvalue weighted by atomic mass is 16.1. The van der Waals surface area contributed by atoms with E-state index >= 15 is 0 Å². The molecule has 0 amide bonds. The van der Waals surface area contributed by atoms with Crippen molar-refractivity contribution in [2.75, 3.05) is 5.32 Å². The van der Waals surface area contributed by atoms with Crippen molar-refractivity contribution in [1.82, 2.24) is 0 Å². The second-order valence-corrected chi connectivity index (χ2v) is 11.0. The third-order valence-electron chi connectivity index (χ3n) is 6.85. The van der Waals surface area contributed by atoms with Crippen LogP contribution in [0.15, 0.2) is 66.2 Å². The van der Waals surface area contributed by atoms with Gasteiger partial charge in [0.25, 0.3) is 0 Å². The lowest BCUT2D eigenvalue weighted by molar-refractivity contribution is -0.116. The van der Waals surface area contributed by atoms with Gasteiger partial charge in [-0.3, -0.25) is 4.79 Å². The molecule has 0 saturated carbocycles. The summed E-state index contributed by atoms with van der Waals surface area (Å²) in [5.41, 5.74) is 7.01. The number of Topliss-reactive ketones (excluding diaryl/α,β-unsaturated/α-hetero) is 1. The van der Waals surface area contributed by atoms with E-state index in [1.54, 1.807) is 0 Å². The van der Waals surface area contributed by atoms with E-state index in [-0.39, 0.29) is 22.7 Å². The summed E-state index contributed by atoms with van der Waals surface area (Å²) >= 11 is 0. The fraction of sp³-hybridized carbons (Fsp3) is 0.345. The zero-order chi connectivity index (χ0) is 22.0. The predicted molar refractivity (Wildman–Crippen MR) is 130 cm³/mol. The zero-order valence-electron chi connectivity index (χ0n) is 19.2. The van der Waals surface area contributed by atoms with Crippen molar-refractivity contribution in [3.63, 3.8) is 0 Å². The monoisotopic (exact) mass is 409 g/mol. The first kappa shape index (κ1) is 20.1. The molecule has 2 heteroatoms. The second kappa shape index (κ2) is 6.82. The number of carbonyl (C=O) groups excluding carboxylic acids is 1. The highest BCUT2D eigenvalue weighted by molar-refractivity contribution is 6.28. The van der Waals surface area contributed by atoms with Crippen LogP contribution in [0, 0.1) is 5.41 Å². The Morgan fingerprint density at radius 3 is 2.32 bits per heavy atom. The van der Waals surface area contributed by atoms with Gasteiger partial charge >= 0.3 is 0 Å². The van der Waals surface area contributed by atoms with Gasteiger partial charge in [-0.1, -0.05) is 89.2 Å². The molecule has 1 aliphatic heterocycles. The quantitative estimate of drug-likeness (QED) is 0.452. The Morgan fingerprint density at radius 1 is 0.903 bits per heavy atom. The molecule has 1 unspecified atom stereocenters. The molecule has 0 aromatic heterocycles. The normalized spacial score (nSPS) is 20.3. The highest BCUT2D eigenvalue weighted by Crippen LogP contribution is 2.51. The molecule has 1 N–H and O–H groups in total. The van der Waals surface area contributed by atoms with E-state index in [9.17, 15) is 4.79 Å². The summed E-state index contributed by atoms with van der Waals surface area (Å²) in [5.74, 6) is 0.279. The summed E-state index contributed by atoms with van der Waals surface area (Å²) in [6.07, 6.45) is 1.53. The number of allylic oxidation sites excluding steroid dienone is 1. The Hall–Kier alpha value is -2.87. The molecule has 3 aromatic carbocycles. The topological polar surface area (TPSA) is 29.1 Å². The summed E-state index contributed by atoms with van der Waals surface area (Å²) in [7, 11) is 0. The van der Waals surface area contributed by atoms with Gasteiger partial charge in [-0.15, -0.1) is 0 Å². The maximum atomic E-state index is 13.5. The van der Waals surface area contributed by atoms with Crippen molar-refractivity contribution in [1.29, 1.82) is 0 Å². The van der Waals surface area contributed by atoms with E-state index < -0.39 is 0 Å². The van der Waals surface area contributed by atoms with E-state index in [4.69, 9.17) is 0 Å². The Labute approximate surface area is 185 Å². The van der Waals surface area contributed by atoms with Crippen molar-refractivity contribution < 1.29 is 4.79 Å². The van der Waals surface area contributed by atoms with Gasteiger partial charge in [0.2, 0.25) is 0 Å². The number of anilines is 1. The third-order valence-corrected chi connectivity index (χ3v) is 6.85. The molecule has 5 rings (SSSR count). The van der Waals surface area contributed by atoms with Crippen LogP contribution in [0.25, 0.3) is 16.3 Å². The van der Waals surface area contributed by atoms with Crippen LogP contribution in [0.2, 0.25) is 0 Å². The lowest BCUT2D eigenvalue weighted by Crippen LogP contribution is -2.32. The van der Waals surface area contributed by atoms with Gasteiger partial charge in [0.15, 0.2) is 5.78 Å². The molecule has 0 spiro atoms. The largest absolute Gasteiger partial charge is 0.374 e. The van der Waals surface area contributed by atoms with Crippen molar-refractivity contribution in [2.45, 2.75) is 58.9 Å². The van der Waals surface area contributed by atoms with Gasteiger partial charge in [-0.25, -0.2) is 0 Å². The Morgan fingerprint density at radius 2 is 1.61 bits per heavy atom. The van der Waals surface area contributed by atoms with Crippen LogP contribution in [0.1, 0.15) is 70.2 Å². The summed E-state index contributed by atoms with van der Waals surface area (Å²) in [6.45, 7) is 11.2. The molecule has 3 aromatic rings. The first-order valence-corrected chi connectivity index (χ1v) is 11.3. The van der Waals surface area contributed by atoms with Crippen molar-refractivity contribution in [3.05, 3.63) is 82.9 Å². The first-order valence-electron chi connectivity index (χ1n) is 11.3. The average Bonchev–Trinajstić information content (AvgIpc) is 2.71. The summed E-state index contributed by atoms with van der Waals surface area (Å²) in [4.78, 5) is 13.5. The number of fused-ring (bicyclic) bond motifs is 4. The molecule has 1 heterocycles. The number of hydrogen-bond donors (Lipinski definition) is 1. The SMILES string of the molecule is CC1(C)CC(=O)C2=C(C1)C(c1ccc(C(C)(C)C)cc1)Nc1ccc3ccccc3c12. The fourth-order valence-electron chi connectivity index (χ4n) is 5.28. The minimum atomic E-state index is -0.0245. The highest BCUT2D eigenvalue weighted by Gasteiger charge is 2.40. The summed E-state index contributed by atoms with van der Waals surface area (Å²) < 4.78 is 0. The van der Waals surface area contributed by atoms with Crippen LogP contribution in [-0.4, -0.2) is 5.78 Å². The molecule has 0 radical (unpaired) electrons. The molecule has 0 fully saturated rings. The number of benzene rings is 3. The minimum Gasteiger partial charge on any atom is -0.374 e. The summed E-state index contributed by atoms with van der Waals surface area (Å²) in [5, 5.41) is 6.15. The van der Waals surface area contributed by atoms with Crippen LogP contribution < -0.4 is 5.32 Å². The molecule has 158 valence electrons. The van der Waals surface area contributed by atoms with Gasteiger partial charge in [0.1, 0.15) is 0 Å². The third kappa shape index (κ3) is 3.39. The predicted octanol–water partition coefficient (Wildman–Crippen LogP) is 7.45. The molecule has 2 aliphatic rings. The lowest BCUT2D eigenvalue weighted by Gasteiger charge is -2.40. The van der Waals surface area contributed by atoms with Crippen LogP contribution in [-0.2, 0) is 10.2 Å². The molecule has 1 aliphatic carbocycles. The van der Waals surface area contributed by atoms with Crippen molar-refractivity contribution >= 4 is 27.8 Å². The lowest BCUT2D eigenvalue weighted by atomic mass is 9.67. The number of nitrogens with one attached hydrogen (secondary N) is 1. The smallest absolute Gasteiger partial charge is 0.164 e. The number of ketones is 1. The Kier molecular flexibility index (Phi) is 4.41. The van der Waals surface area contributed by atoms with E-state index in [0.29, 0.717) is 6.42 Å². The van der Waals surface area contributed by atoms with Gasteiger partial charge in [-0.05, 0) is 50.8 Å². The molecular weight excluding hydrogens is 378 g/mol. The van der Waals surface area contributed by atoms with Crippen LogP contribution in [0.5, 0.6) is 0 Å². The number of carbonyl (C=O) groups is 1. The second-order valence-electron chi connectivity index (χ2n) is 11.0. The van der Waals surface area contributed by atoms with Gasteiger partial charge in [0, 0.05) is 23.2 Å². The van der Waals surface area contributed by atoms with E-state index in [0.717, 1.165) is 28.6 Å². The Balaban J connectivity index is 1.72. The van der Waals surface area contributed by atoms with Gasteiger partial charge in [-0.2, -0.15) is 0 Å². The molecule has 0 bridgehead atoms. The molecule has 0 saturated heterocycles. The standard InChI is InChI=1S/C29H31NO/c1-28(2,3)20-13-10-19(11-14-20)27-22-16-29(4,5)17-24(31)26(22)25-21-9-7-6-8-18(21)12-15-23(25)30-27/h6-15,27,30H,16-17H2,1-5H3. The molecule has 1 atom stereocenters. The summed E-state index contributed by atoms with van der Waals surface area (Å²) in [6, 6.07) is 21.7. The molecule has 31 heavy (non-hydrogen) atoms. The van der Waals surface area contributed by atoms with Crippen LogP contribution in [0.3, 0.4) is 0 Å². The maximum Gasteiger partial charge on any atom is 0.164 e. The zero-order valence-corrected chi connectivity index (χ0v) is 19.2. The van der Waals surface area contributed by atoms with Gasteiger partial charge in [0.05, 0.1) is 6.04 Å². The maximum absolute atomic E-state index is 13.5. The fourth-order valence-corrected chi connectivity index (χ4v) is 5.28. The van der Waals surface area contributed by atoms with E-state index in [1.165, 1.54) is 22.1 Å². The number of rotatable bonds is 1. The Bertz CT molecular complexity index is 1220. The van der Waals surface area contributed by atoms with Gasteiger partial charge < -0.3 is 5.32 Å².